The highest BCUT2D eigenvalue weighted by Crippen LogP contribution is 2.30. The maximum atomic E-state index is 6.19. The molecule has 0 aliphatic heterocycles. The Hall–Kier alpha value is -1.28. The van der Waals surface area contributed by atoms with E-state index in [1.54, 1.807) is 6.20 Å². The number of benzene rings is 1. The molecule has 0 fully saturated rings. The lowest BCUT2D eigenvalue weighted by Crippen LogP contribution is -1.98. The lowest BCUT2D eigenvalue weighted by atomic mass is 10.1. The number of nitrogens with zero attached hydrogens (tertiary/aromatic N) is 1. The quantitative estimate of drug-likeness (QED) is 0.743. The van der Waals surface area contributed by atoms with Gasteiger partial charge in [0, 0.05) is 5.56 Å². The van der Waals surface area contributed by atoms with Crippen LogP contribution in [0.15, 0.2) is 40.9 Å². The second-order valence-corrected chi connectivity index (χ2v) is 4.54. The SMILES string of the molecule is CC(C)C(Cl)c1ncc(-c2ccccc2)o1. The summed E-state index contributed by atoms with van der Waals surface area (Å²) in [6, 6.07) is 9.89. The van der Waals surface area contributed by atoms with E-state index in [1.807, 2.05) is 44.2 Å². The third-order valence-electron chi connectivity index (χ3n) is 2.40. The van der Waals surface area contributed by atoms with Crippen molar-refractivity contribution in [2.75, 3.05) is 0 Å². The average molecular weight is 236 g/mol. The molecular weight excluding hydrogens is 222 g/mol. The molecule has 0 bridgehead atoms. The highest BCUT2D eigenvalue weighted by atomic mass is 35.5. The van der Waals surface area contributed by atoms with Gasteiger partial charge in [0.25, 0.3) is 0 Å². The van der Waals surface area contributed by atoms with Crippen LogP contribution in [0, 0.1) is 5.92 Å². The van der Waals surface area contributed by atoms with Crippen LogP contribution in [0.1, 0.15) is 25.1 Å². The van der Waals surface area contributed by atoms with Crippen LogP contribution in [-0.4, -0.2) is 4.98 Å². The van der Waals surface area contributed by atoms with Gasteiger partial charge in [0.1, 0.15) is 5.38 Å². The van der Waals surface area contributed by atoms with Gasteiger partial charge < -0.3 is 4.42 Å². The third kappa shape index (κ3) is 2.27. The van der Waals surface area contributed by atoms with E-state index in [0.29, 0.717) is 11.8 Å². The van der Waals surface area contributed by atoms with Crippen molar-refractivity contribution in [3.05, 3.63) is 42.4 Å². The lowest BCUT2D eigenvalue weighted by Gasteiger charge is -2.07. The topological polar surface area (TPSA) is 26.0 Å². The molecule has 0 amide bonds. The molecule has 1 aromatic carbocycles. The summed E-state index contributed by atoms with van der Waals surface area (Å²) in [7, 11) is 0. The minimum absolute atomic E-state index is 0.169. The molecule has 0 aliphatic carbocycles. The summed E-state index contributed by atoms with van der Waals surface area (Å²) in [5.74, 6) is 1.67. The van der Waals surface area contributed by atoms with Gasteiger partial charge in [-0.2, -0.15) is 0 Å². The number of rotatable bonds is 3. The molecule has 1 heterocycles. The van der Waals surface area contributed by atoms with Crippen molar-refractivity contribution >= 4 is 11.6 Å². The van der Waals surface area contributed by atoms with Gasteiger partial charge >= 0.3 is 0 Å². The number of hydrogen-bond acceptors (Lipinski definition) is 2. The van der Waals surface area contributed by atoms with Gasteiger partial charge in [-0.05, 0) is 5.92 Å². The number of halogens is 1. The monoisotopic (exact) mass is 235 g/mol. The van der Waals surface area contributed by atoms with E-state index in [2.05, 4.69) is 4.98 Å². The molecular formula is C13H14ClNO. The van der Waals surface area contributed by atoms with Crippen LogP contribution in [0.25, 0.3) is 11.3 Å². The number of hydrogen-bond donors (Lipinski definition) is 0. The van der Waals surface area contributed by atoms with Crippen LogP contribution in [0.3, 0.4) is 0 Å². The van der Waals surface area contributed by atoms with Crippen LogP contribution >= 0.6 is 11.6 Å². The van der Waals surface area contributed by atoms with Crippen molar-refractivity contribution in [2.45, 2.75) is 19.2 Å². The summed E-state index contributed by atoms with van der Waals surface area (Å²) in [5, 5.41) is -0.169. The predicted molar refractivity (Wildman–Crippen MR) is 65.4 cm³/mol. The maximum absolute atomic E-state index is 6.19. The first-order valence-electron chi connectivity index (χ1n) is 5.33. The van der Waals surface area contributed by atoms with Crippen LogP contribution in [-0.2, 0) is 0 Å². The molecule has 16 heavy (non-hydrogen) atoms. The van der Waals surface area contributed by atoms with E-state index < -0.39 is 0 Å². The van der Waals surface area contributed by atoms with Crippen LogP contribution in [0.4, 0.5) is 0 Å². The fraction of sp³-hybridized carbons (Fsp3) is 0.308. The smallest absolute Gasteiger partial charge is 0.213 e. The zero-order chi connectivity index (χ0) is 11.5. The summed E-state index contributed by atoms with van der Waals surface area (Å²) in [4.78, 5) is 4.22. The molecule has 2 nitrogen and oxygen atoms in total. The zero-order valence-electron chi connectivity index (χ0n) is 9.35. The molecule has 1 aromatic heterocycles. The van der Waals surface area contributed by atoms with Crippen LogP contribution in [0.2, 0.25) is 0 Å². The molecule has 84 valence electrons. The first kappa shape index (κ1) is 11.2. The van der Waals surface area contributed by atoms with Crippen LogP contribution in [0.5, 0.6) is 0 Å². The van der Waals surface area contributed by atoms with E-state index in [9.17, 15) is 0 Å². The van der Waals surface area contributed by atoms with Gasteiger partial charge in [0.05, 0.1) is 6.20 Å². The van der Waals surface area contributed by atoms with E-state index >= 15 is 0 Å². The van der Waals surface area contributed by atoms with Gasteiger partial charge in [-0.3, -0.25) is 0 Å². The van der Waals surface area contributed by atoms with Gasteiger partial charge in [-0.15, -0.1) is 11.6 Å². The van der Waals surface area contributed by atoms with Crippen molar-refractivity contribution < 1.29 is 4.42 Å². The Morgan fingerprint density at radius 3 is 2.50 bits per heavy atom. The zero-order valence-corrected chi connectivity index (χ0v) is 10.1. The van der Waals surface area contributed by atoms with Crippen LogP contribution < -0.4 is 0 Å². The molecule has 0 radical (unpaired) electrons. The van der Waals surface area contributed by atoms with Crippen molar-refractivity contribution in [2.24, 2.45) is 5.92 Å². The normalized spacial score (nSPS) is 13.0. The predicted octanol–water partition coefficient (Wildman–Crippen LogP) is 4.28. The second kappa shape index (κ2) is 4.71. The summed E-state index contributed by atoms with van der Waals surface area (Å²) < 4.78 is 5.65. The minimum Gasteiger partial charge on any atom is -0.439 e. The molecule has 2 aromatic rings. The Morgan fingerprint density at radius 2 is 1.88 bits per heavy atom. The molecule has 3 heteroatoms. The first-order chi connectivity index (χ1) is 7.68. The highest BCUT2D eigenvalue weighted by molar-refractivity contribution is 6.20. The van der Waals surface area contributed by atoms with Gasteiger partial charge in [0.2, 0.25) is 5.89 Å². The van der Waals surface area contributed by atoms with Gasteiger partial charge in [0.15, 0.2) is 5.76 Å². The Kier molecular flexibility index (Phi) is 3.30. The largest absolute Gasteiger partial charge is 0.439 e. The van der Waals surface area contributed by atoms with E-state index in [1.165, 1.54) is 0 Å². The molecule has 0 aliphatic rings. The summed E-state index contributed by atoms with van der Waals surface area (Å²) in [6.07, 6.45) is 1.72. The first-order valence-corrected chi connectivity index (χ1v) is 5.77. The molecule has 1 atom stereocenters. The molecule has 0 saturated carbocycles. The molecule has 0 N–H and O–H groups in total. The van der Waals surface area contributed by atoms with Gasteiger partial charge in [-0.1, -0.05) is 44.2 Å². The van der Waals surface area contributed by atoms with E-state index in [0.717, 1.165) is 11.3 Å². The fourth-order valence-corrected chi connectivity index (χ4v) is 1.54. The van der Waals surface area contributed by atoms with Crippen molar-refractivity contribution in [1.82, 2.24) is 4.98 Å². The third-order valence-corrected chi connectivity index (χ3v) is 3.09. The van der Waals surface area contributed by atoms with Gasteiger partial charge in [-0.25, -0.2) is 4.98 Å². The number of aromatic nitrogens is 1. The number of oxazole rings is 1. The molecule has 0 saturated heterocycles. The van der Waals surface area contributed by atoms with Crippen molar-refractivity contribution in [3.63, 3.8) is 0 Å². The number of alkyl halides is 1. The second-order valence-electron chi connectivity index (χ2n) is 4.07. The summed E-state index contributed by atoms with van der Waals surface area (Å²) >= 11 is 6.19. The summed E-state index contributed by atoms with van der Waals surface area (Å²) in [5.41, 5.74) is 1.02. The Balaban J connectivity index is 2.27. The molecule has 2 rings (SSSR count). The maximum Gasteiger partial charge on any atom is 0.213 e. The standard InChI is InChI=1S/C13H14ClNO/c1-9(2)12(14)13-15-8-11(16-13)10-6-4-3-5-7-10/h3-9,12H,1-2H3. The highest BCUT2D eigenvalue weighted by Gasteiger charge is 2.18. The van der Waals surface area contributed by atoms with E-state index in [4.69, 9.17) is 16.0 Å². The molecule has 0 spiro atoms. The Bertz CT molecular complexity index is 450. The minimum atomic E-state index is -0.169. The lowest BCUT2D eigenvalue weighted by molar-refractivity contribution is 0.455. The average Bonchev–Trinajstić information content (AvgIpc) is 2.78. The van der Waals surface area contributed by atoms with Crippen molar-refractivity contribution in [1.29, 1.82) is 0 Å². The Morgan fingerprint density at radius 1 is 1.19 bits per heavy atom. The molecule has 1 unspecified atom stereocenters. The van der Waals surface area contributed by atoms with E-state index in [-0.39, 0.29) is 5.38 Å². The summed E-state index contributed by atoms with van der Waals surface area (Å²) in [6.45, 7) is 4.09. The Labute approximate surface area is 100 Å². The fourth-order valence-electron chi connectivity index (χ4n) is 1.44. The van der Waals surface area contributed by atoms with Crippen molar-refractivity contribution in [3.8, 4) is 11.3 Å².